The zero-order chi connectivity index (χ0) is 11.8. The first-order chi connectivity index (χ1) is 7.72. The highest BCUT2D eigenvalue weighted by Crippen LogP contribution is 2.07. The van der Waals surface area contributed by atoms with E-state index in [1.54, 1.807) is 0 Å². The van der Waals surface area contributed by atoms with Crippen molar-refractivity contribution in [3.05, 3.63) is 24.3 Å². The molecule has 84 valence electrons. The van der Waals surface area contributed by atoms with Crippen molar-refractivity contribution >= 4 is 11.6 Å². The average Bonchev–Trinajstić information content (AvgIpc) is 2.28. The molecule has 1 rings (SSSR count). The van der Waals surface area contributed by atoms with E-state index in [4.69, 9.17) is 6.42 Å². The van der Waals surface area contributed by atoms with Crippen LogP contribution in [0.3, 0.4) is 0 Å². The molecule has 0 spiro atoms. The number of unbranched alkanes of at least 4 members (excludes halogenated alkanes) is 2. The van der Waals surface area contributed by atoms with Crippen molar-refractivity contribution in [1.82, 2.24) is 4.98 Å². The Bertz CT molecular complexity index is 381. The van der Waals surface area contributed by atoms with Crippen LogP contribution in [0.5, 0.6) is 0 Å². The number of anilines is 1. The Morgan fingerprint density at radius 3 is 2.94 bits per heavy atom. The van der Waals surface area contributed by atoms with Gasteiger partial charge in [-0.3, -0.25) is 4.79 Å². The fourth-order valence-electron chi connectivity index (χ4n) is 1.19. The minimum absolute atomic E-state index is 0.106. The highest BCUT2D eigenvalue weighted by molar-refractivity contribution is 5.90. The molecule has 1 heterocycles. The maximum Gasteiger partial charge on any atom is 0.224 e. The van der Waals surface area contributed by atoms with Crippen LogP contribution < -0.4 is 5.32 Å². The summed E-state index contributed by atoms with van der Waals surface area (Å²) in [6, 6.07) is 2.68. The molecule has 1 N–H and O–H groups in total. The SMILES string of the molecule is C#CCCCCC(=O)Nc1ccc(F)nc1. The first-order valence-corrected chi connectivity index (χ1v) is 5.07. The smallest absolute Gasteiger partial charge is 0.224 e. The fourth-order valence-corrected chi connectivity index (χ4v) is 1.19. The van der Waals surface area contributed by atoms with Gasteiger partial charge in [0.25, 0.3) is 0 Å². The molecule has 3 nitrogen and oxygen atoms in total. The van der Waals surface area contributed by atoms with E-state index in [1.165, 1.54) is 18.3 Å². The van der Waals surface area contributed by atoms with E-state index in [1.807, 2.05) is 0 Å². The Labute approximate surface area is 94.1 Å². The molecule has 0 saturated heterocycles. The molecule has 4 heteroatoms. The van der Waals surface area contributed by atoms with Gasteiger partial charge in [-0.2, -0.15) is 4.39 Å². The van der Waals surface area contributed by atoms with Crippen LogP contribution in [-0.4, -0.2) is 10.9 Å². The number of hydrogen-bond donors (Lipinski definition) is 1. The van der Waals surface area contributed by atoms with Crippen molar-refractivity contribution in [1.29, 1.82) is 0 Å². The molecule has 0 radical (unpaired) electrons. The number of rotatable bonds is 5. The van der Waals surface area contributed by atoms with E-state index in [-0.39, 0.29) is 5.91 Å². The second-order valence-electron chi connectivity index (χ2n) is 3.33. The predicted octanol–water partition coefficient (Wildman–Crippen LogP) is 2.35. The maximum atomic E-state index is 12.5. The van der Waals surface area contributed by atoms with Crippen LogP contribution in [0.15, 0.2) is 18.3 Å². The van der Waals surface area contributed by atoms with Gasteiger partial charge in [-0.1, -0.05) is 0 Å². The van der Waals surface area contributed by atoms with Gasteiger partial charge >= 0.3 is 0 Å². The summed E-state index contributed by atoms with van der Waals surface area (Å²) in [5, 5.41) is 2.63. The van der Waals surface area contributed by atoms with Gasteiger partial charge < -0.3 is 5.32 Å². The lowest BCUT2D eigenvalue weighted by Gasteiger charge is -2.03. The summed E-state index contributed by atoms with van der Waals surface area (Å²) in [6.45, 7) is 0. The third kappa shape index (κ3) is 4.56. The molecule has 0 aliphatic carbocycles. The van der Waals surface area contributed by atoms with Gasteiger partial charge in [-0.25, -0.2) is 4.98 Å². The minimum atomic E-state index is -0.563. The van der Waals surface area contributed by atoms with E-state index in [2.05, 4.69) is 16.2 Å². The number of aromatic nitrogens is 1. The summed E-state index contributed by atoms with van der Waals surface area (Å²) in [5.41, 5.74) is 0.503. The van der Waals surface area contributed by atoms with Crippen molar-refractivity contribution in [2.24, 2.45) is 0 Å². The van der Waals surface area contributed by atoms with Crippen molar-refractivity contribution in [2.45, 2.75) is 25.7 Å². The summed E-state index contributed by atoms with van der Waals surface area (Å²) in [5.74, 6) is 1.84. The zero-order valence-corrected chi connectivity index (χ0v) is 8.87. The number of pyridine rings is 1. The molecule has 1 aromatic rings. The quantitative estimate of drug-likeness (QED) is 0.470. The fraction of sp³-hybridized carbons (Fsp3) is 0.333. The van der Waals surface area contributed by atoms with Gasteiger partial charge in [0.2, 0.25) is 11.9 Å². The molecule has 0 unspecified atom stereocenters. The number of nitrogens with one attached hydrogen (secondary N) is 1. The number of halogens is 1. The first-order valence-electron chi connectivity index (χ1n) is 5.07. The van der Waals surface area contributed by atoms with E-state index in [9.17, 15) is 9.18 Å². The second kappa shape index (κ2) is 6.57. The summed E-state index contributed by atoms with van der Waals surface area (Å²) in [7, 11) is 0. The third-order valence-corrected chi connectivity index (χ3v) is 1.99. The van der Waals surface area contributed by atoms with E-state index < -0.39 is 5.95 Å². The molecule has 16 heavy (non-hydrogen) atoms. The second-order valence-corrected chi connectivity index (χ2v) is 3.33. The molecule has 0 fully saturated rings. The summed E-state index contributed by atoms with van der Waals surface area (Å²) in [4.78, 5) is 14.8. The molecule has 1 aromatic heterocycles. The molecule has 1 amide bonds. The van der Waals surface area contributed by atoms with Gasteiger partial charge in [0.15, 0.2) is 0 Å². The Balaban J connectivity index is 2.29. The number of carbonyl (C=O) groups excluding carboxylic acids is 1. The number of terminal acetylenes is 1. The lowest BCUT2D eigenvalue weighted by Crippen LogP contribution is -2.11. The van der Waals surface area contributed by atoms with Crippen molar-refractivity contribution in [3.8, 4) is 12.3 Å². The highest BCUT2D eigenvalue weighted by Gasteiger charge is 2.02. The van der Waals surface area contributed by atoms with Crippen LogP contribution in [0.25, 0.3) is 0 Å². The van der Waals surface area contributed by atoms with Gasteiger partial charge in [0, 0.05) is 12.8 Å². The van der Waals surface area contributed by atoms with Gasteiger partial charge in [0.1, 0.15) is 0 Å². The van der Waals surface area contributed by atoms with Crippen LogP contribution in [0.1, 0.15) is 25.7 Å². The molecule has 0 aliphatic rings. The average molecular weight is 220 g/mol. The lowest BCUT2D eigenvalue weighted by molar-refractivity contribution is -0.116. The largest absolute Gasteiger partial charge is 0.325 e. The van der Waals surface area contributed by atoms with E-state index >= 15 is 0 Å². The van der Waals surface area contributed by atoms with Crippen molar-refractivity contribution < 1.29 is 9.18 Å². The van der Waals surface area contributed by atoms with Crippen LogP contribution >= 0.6 is 0 Å². The summed E-state index contributed by atoms with van der Waals surface area (Å²) < 4.78 is 12.5. The number of hydrogen-bond acceptors (Lipinski definition) is 2. The van der Waals surface area contributed by atoms with E-state index in [0.29, 0.717) is 18.5 Å². The Hall–Kier alpha value is -1.89. The van der Waals surface area contributed by atoms with Crippen LogP contribution in [0.4, 0.5) is 10.1 Å². The molecule has 0 atom stereocenters. The monoisotopic (exact) mass is 220 g/mol. The van der Waals surface area contributed by atoms with Gasteiger partial charge in [-0.15, -0.1) is 12.3 Å². The first kappa shape index (κ1) is 12.2. The Morgan fingerprint density at radius 1 is 1.50 bits per heavy atom. The zero-order valence-electron chi connectivity index (χ0n) is 8.87. The van der Waals surface area contributed by atoms with Gasteiger partial charge in [0.05, 0.1) is 11.9 Å². The standard InChI is InChI=1S/C12H13FN2O/c1-2-3-4-5-6-12(16)15-10-7-8-11(13)14-9-10/h1,7-9H,3-6H2,(H,15,16). The molecule has 0 aliphatic heterocycles. The lowest BCUT2D eigenvalue weighted by atomic mass is 10.2. The minimum Gasteiger partial charge on any atom is -0.325 e. The van der Waals surface area contributed by atoms with Crippen molar-refractivity contribution in [3.63, 3.8) is 0 Å². The normalized spacial score (nSPS) is 9.50. The number of amides is 1. The number of carbonyl (C=O) groups is 1. The molecular formula is C12H13FN2O. The topological polar surface area (TPSA) is 42.0 Å². The molecule has 0 bridgehead atoms. The highest BCUT2D eigenvalue weighted by atomic mass is 19.1. The predicted molar refractivity (Wildman–Crippen MR) is 60.1 cm³/mol. The van der Waals surface area contributed by atoms with Crippen molar-refractivity contribution in [2.75, 3.05) is 5.32 Å². The third-order valence-electron chi connectivity index (χ3n) is 1.99. The maximum absolute atomic E-state index is 12.5. The Kier molecular flexibility index (Phi) is 5.00. The van der Waals surface area contributed by atoms with Crippen LogP contribution in [-0.2, 0) is 4.79 Å². The van der Waals surface area contributed by atoms with Crippen LogP contribution in [0.2, 0.25) is 0 Å². The Morgan fingerprint density at radius 2 is 2.31 bits per heavy atom. The summed E-state index contributed by atoms with van der Waals surface area (Å²) >= 11 is 0. The van der Waals surface area contributed by atoms with Crippen LogP contribution in [0, 0.1) is 18.3 Å². The molecular weight excluding hydrogens is 207 g/mol. The van der Waals surface area contributed by atoms with E-state index in [0.717, 1.165) is 12.8 Å². The van der Waals surface area contributed by atoms with Gasteiger partial charge in [-0.05, 0) is 25.0 Å². The summed E-state index contributed by atoms with van der Waals surface area (Å²) in [6.07, 6.45) is 9.07. The number of nitrogens with zero attached hydrogens (tertiary/aromatic N) is 1. The molecule has 0 aromatic carbocycles. The molecule has 0 saturated carbocycles.